The molecule has 0 spiro atoms. The fraction of sp³-hybridized carbons (Fsp3) is 0.188. The Morgan fingerprint density at radius 2 is 1.82 bits per heavy atom. The Kier molecular flexibility index (Phi) is 3.41. The van der Waals surface area contributed by atoms with Crippen molar-refractivity contribution in [2.75, 3.05) is 4.31 Å². The lowest BCUT2D eigenvalue weighted by Gasteiger charge is -2.24. The number of aryl methyl sites for hydroxylation is 1. The summed E-state index contributed by atoms with van der Waals surface area (Å²) in [5.41, 5.74) is 1.65. The molecule has 0 amide bonds. The average molecular weight is 317 g/mol. The molecule has 114 valence electrons. The number of nitrogens with zero attached hydrogens (tertiary/aromatic N) is 1. The van der Waals surface area contributed by atoms with E-state index in [-0.39, 0.29) is 11.3 Å². The molecule has 1 atom stereocenters. The summed E-state index contributed by atoms with van der Waals surface area (Å²) in [5, 5.41) is 9.18. The molecule has 6 heteroatoms. The first-order valence-electron chi connectivity index (χ1n) is 6.83. The topological polar surface area (TPSA) is 74.7 Å². The van der Waals surface area contributed by atoms with E-state index in [2.05, 4.69) is 0 Å². The zero-order valence-corrected chi connectivity index (χ0v) is 12.7. The monoisotopic (exact) mass is 317 g/mol. The van der Waals surface area contributed by atoms with Gasteiger partial charge in [0.25, 0.3) is 10.0 Å². The number of carboxylic acids is 1. The molecule has 2 aromatic carbocycles. The van der Waals surface area contributed by atoms with Crippen molar-refractivity contribution in [2.45, 2.75) is 24.3 Å². The minimum Gasteiger partial charge on any atom is -0.481 e. The van der Waals surface area contributed by atoms with Crippen LogP contribution in [0.1, 0.15) is 23.6 Å². The summed E-state index contributed by atoms with van der Waals surface area (Å²) in [5.74, 6) is -1.03. The van der Waals surface area contributed by atoms with Crippen molar-refractivity contribution in [3.63, 3.8) is 0 Å². The van der Waals surface area contributed by atoms with Crippen molar-refractivity contribution in [1.82, 2.24) is 0 Å². The van der Waals surface area contributed by atoms with E-state index >= 15 is 0 Å². The first-order valence-corrected chi connectivity index (χ1v) is 8.27. The SMILES string of the molecule is Cc1cccc2c1S(=O)(=O)N(c1ccccc1)C2CC(=O)O. The molecule has 3 rings (SSSR count). The predicted molar refractivity (Wildman–Crippen MR) is 82.3 cm³/mol. The molecule has 0 aliphatic carbocycles. The standard InChI is InChI=1S/C16H15NO4S/c1-11-6-5-9-13-14(10-15(18)19)17(22(20,21)16(11)13)12-7-3-2-4-8-12/h2-9,14H,10H2,1H3,(H,18,19). The molecule has 1 aliphatic rings. The summed E-state index contributed by atoms with van der Waals surface area (Å²) in [4.78, 5) is 11.4. The number of aliphatic carboxylic acids is 1. The maximum absolute atomic E-state index is 12.9. The normalized spacial score (nSPS) is 19.0. The highest BCUT2D eigenvalue weighted by molar-refractivity contribution is 7.93. The smallest absolute Gasteiger partial charge is 0.305 e. The van der Waals surface area contributed by atoms with Gasteiger partial charge in [-0.15, -0.1) is 0 Å². The Hall–Kier alpha value is -2.34. The maximum atomic E-state index is 12.9. The van der Waals surface area contributed by atoms with Crippen molar-refractivity contribution in [3.05, 3.63) is 59.7 Å². The van der Waals surface area contributed by atoms with E-state index in [1.54, 1.807) is 55.5 Å². The van der Waals surface area contributed by atoms with Gasteiger partial charge in [0.05, 0.1) is 23.0 Å². The third-order valence-corrected chi connectivity index (χ3v) is 5.84. The first kappa shape index (κ1) is 14.6. The fourth-order valence-electron chi connectivity index (χ4n) is 2.93. The van der Waals surface area contributed by atoms with Gasteiger partial charge in [-0.1, -0.05) is 36.4 Å². The number of benzene rings is 2. The lowest BCUT2D eigenvalue weighted by molar-refractivity contribution is -0.137. The maximum Gasteiger partial charge on any atom is 0.305 e. The van der Waals surface area contributed by atoms with E-state index in [0.29, 0.717) is 16.8 Å². The zero-order valence-electron chi connectivity index (χ0n) is 11.9. The number of para-hydroxylation sites is 1. The zero-order chi connectivity index (χ0) is 15.9. The second kappa shape index (κ2) is 5.14. The second-order valence-electron chi connectivity index (χ2n) is 5.24. The number of carbonyl (C=O) groups is 1. The third kappa shape index (κ3) is 2.16. The van der Waals surface area contributed by atoms with Crippen molar-refractivity contribution >= 4 is 21.7 Å². The summed E-state index contributed by atoms with van der Waals surface area (Å²) in [6, 6.07) is 13.1. The van der Waals surface area contributed by atoms with Crippen LogP contribution in [0.3, 0.4) is 0 Å². The Balaban J connectivity index is 2.25. The van der Waals surface area contributed by atoms with E-state index in [4.69, 9.17) is 0 Å². The first-order chi connectivity index (χ1) is 10.4. The molecular formula is C16H15NO4S. The van der Waals surface area contributed by atoms with Crippen molar-refractivity contribution in [1.29, 1.82) is 0 Å². The molecule has 0 saturated heterocycles. The highest BCUT2D eigenvalue weighted by atomic mass is 32.2. The van der Waals surface area contributed by atoms with Gasteiger partial charge in [-0.3, -0.25) is 9.10 Å². The van der Waals surface area contributed by atoms with E-state index in [1.807, 2.05) is 0 Å². The van der Waals surface area contributed by atoms with Crippen LogP contribution in [0.15, 0.2) is 53.4 Å². The van der Waals surface area contributed by atoms with Crippen LogP contribution >= 0.6 is 0 Å². The highest BCUT2D eigenvalue weighted by Crippen LogP contribution is 2.45. The highest BCUT2D eigenvalue weighted by Gasteiger charge is 2.44. The quantitative estimate of drug-likeness (QED) is 0.944. The van der Waals surface area contributed by atoms with Gasteiger partial charge in [-0.2, -0.15) is 0 Å². The van der Waals surface area contributed by atoms with E-state index < -0.39 is 22.0 Å². The predicted octanol–water partition coefficient (Wildman–Crippen LogP) is 2.72. The van der Waals surface area contributed by atoms with E-state index in [9.17, 15) is 18.3 Å². The number of carboxylic acid groups (broad SMARTS) is 1. The van der Waals surface area contributed by atoms with Gasteiger partial charge in [0.1, 0.15) is 0 Å². The second-order valence-corrected chi connectivity index (χ2v) is 7.00. The molecule has 0 bridgehead atoms. The van der Waals surface area contributed by atoms with Gasteiger partial charge < -0.3 is 5.11 Å². The van der Waals surface area contributed by atoms with Crippen LogP contribution in [0, 0.1) is 6.92 Å². The molecule has 0 fully saturated rings. The number of sulfonamides is 1. The van der Waals surface area contributed by atoms with Crippen molar-refractivity contribution < 1.29 is 18.3 Å². The summed E-state index contributed by atoms with van der Waals surface area (Å²) in [6.45, 7) is 1.72. The minimum atomic E-state index is -3.75. The van der Waals surface area contributed by atoms with Crippen LogP contribution in [-0.2, 0) is 14.8 Å². The lowest BCUT2D eigenvalue weighted by atomic mass is 10.0. The van der Waals surface area contributed by atoms with Crippen LogP contribution in [0.25, 0.3) is 0 Å². The molecule has 1 N–H and O–H groups in total. The van der Waals surface area contributed by atoms with Gasteiger partial charge in [-0.05, 0) is 30.2 Å². The molecule has 22 heavy (non-hydrogen) atoms. The summed E-state index contributed by atoms with van der Waals surface area (Å²) >= 11 is 0. The van der Waals surface area contributed by atoms with Crippen LogP contribution in [0.4, 0.5) is 5.69 Å². The Morgan fingerprint density at radius 1 is 1.14 bits per heavy atom. The molecule has 0 aromatic heterocycles. The fourth-order valence-corrected chi connectivity index (χ4v) is 5.03. The number of rotatable bonds is 3. The molecule has 1 unspecified atom stereocenters. The summed E-state index contributed by atoms with van der Waals surface area (Å²) in [7, 11) is -3.75. The number of fused-ring (bicyclic) bond motifs is 1. The third-order valence-electron chi connectivity index (χ3n) is 3.78. The lowest BCUT2D eigenvalue weighted by Crippen LogP contribution is -2.29. The van der Waals surface area contributed by atoms with E-state index in [1.165, 1.54) is 4.31 Å². The van der Waals surface area contributed by atoms with Gasteiger partial charge in [0, 0.05) is 0 Å². The molecule has 0 radical (unpaired) electrons. The number of hydrogen-bond donors (Lipinski definition) is 1. The number of hydrogen-bond acceptors (Lipinski definition) is 3. The van der Waals surface area contributed by atoms with Gasteiger partial charge in [-0.25, -0.2) is 8.42 Å². The van der Waals surface area contributed by atoms with Gasteiger partial charge in [0.15, 0.2) is 0 Å². The molecule has 5 nitrogen and oxygen atoms in total. The van der Waals surface area contributed by atoms with Gasteiger partial charge >= 0.3 is 5.97 Å². The average Bonchev–Trinajstić information content (AvgIpc) is 2.68. The Labute approximate surface area is 128 Å². The Bertz CT molecular complexity index is 830. The number of anilines is 1. The molecule has 0 saturated carbocycles. The van der Waals surface area contributed by atoms with E-state index in [0.717, 1.165) is 0 Å². The Morgan fingerprint density at radius 3 is 2.45 bits per heavy atom. The molecular weight excluding hydrogens is 302 g/mol. The van der Waals surface area contributed by atoms with Crippen molar-refractivity contribution in [2.24, 2.45) is 0 Å². The largest absolute Gasteiger partial charge is 0.481 e. The molecule has 1 heterocycles. The van der Waals surface area contributed by atoms with Crippen LogP contribution < -0.4 is 4.31 Å². The van der Waals surface area contributed by atoms with Crippen LogP contribution in [-0.4, -0.2) is 19.5 Å². The molecule has 2 aromatic rings. The summed E-state index contributed by atoms with van der Waals surface area (Å²) < 4.78 is 27.1. The molecule has 1 aliphatic heterocycles. The van der Waals surface area contributed by atoms with Crippen LogP contribution in [0.2, 0.25) is 0 Å². The summed E-state index contributed by atoms with van der Waals surface area (Å²) in [6.07, 6.45) is -0.273. The van der Waals surface area contributed by atoms with Crippen LogP contribution in [0.5, 0.6) is 0 Å². The van der Waals surface area contributed by atoms with Gasteiger partial charge in [0.2, 0.25) is 0 Å². The van der Waals surface area contributed by atoms with Crippen molar-refractivity contribution in [3.8, 4) is 0 Å². The minimum absolute atomic E-state index is 0.227.